The third-order valence-corrected chi connectivity index (χ3v) is 12.0. The van der Waals surface area contributed by atoms with Gasteiger partial charge in [-0.3, -0.25) is 0 Å². The number of nitrogens with zero attached hydrogens (tertiary/aromatic N) is 3. The second-order valence-electron chi connectivity index (χ2n) is 15.6. The Labute approximate surface area is 355 Å². The van der Waals surface area contributed by atoms with Gasteiger partial charge in [0, 0.05) is 21.5 Å². The van der Waals surface area contributed by atoms with Gasteiger partial charge in [-0.1, -0.05) is 158 Å². The van der Waals surface area contributed by atoms with Gasteiger partial charge >= 0.3 is 6.18 Å². The molecule has 2 aromatic heterocycles. The average Bonchev–Trinajstić information content (AvgIpc) is 3.83. The summed E-state index contributed by atoms with van der Waals surface area (Å²) in [5.41, 5.74) is 8.88. The zero-order valence-electron chi connectivity index (χ0n) is 33.1. The van der Waals surface area contributed by atoms with Gasteiger partial charge in [0.15, 0.2) is 0 Å². The lowest BCUT2D eigenvalue weighted by molar-refractivity contribution is -0.137. The molecule has 294 valence electrons. The Morgan fingerprint density at radius 2 is 0.677 bits per heavy atom. The first kappa shape index (κ1) is 36.9. The number of hydrogen-bond acceptors (Lipinski definition) is 1. The lowest BCUT2D eigenvalue weighted by Crippen LogP contribution is -2.16. The Hall–Kier alpha value is -8.14. The van der Waals surface area contributed by atoms with Crippen LogP contribution in [-0.4, -0.2) is 9.13 Å². The van der Waals surface area contributed by atoms with Gasteiger partial charge in [-0.05, 0) is 93.0 Å². The molecule has 0 atom stereocenters. The van der Waals surface area contributed by atoms with Gasteiger partial charge < -0.3 is 9.13 Å². The Kier molecular flexibility index (Phi) is 8.66. The fourth-order valence-electron chi connectivity index (χ4n) is 9.12. The van der Waals surface area contributed by atoms with Crippen molar-refractivity contribution in [3.05, 3.63) is 217 Å². The highest BCUT2D eigenvalue weighted by Gasteiger charge is 2.39. The fourth-order valence-corrected chi connectivity index (χ4v) is 9.12. The van der Waals surface area contributed by atoms with Crippen LogP contribution in [0.1, 0.15) is 11.1 Å². The molecule has 0 amide bonds. The summed E-state index contributed by atoms with van der Waals surface area (Å²) in [6, 6.07) is 68.3. The third-order valence-electron chi connectivity index (χ3n) is 12.0. The summed E-state index contributed by atoms with van der Waals surface area (Å²) in [7, 11) is 0. The SMILES string of the molecule is N#Cc1cc(-n2c3ccc(-c4ccccc4)cc3c3ccc(-c4ccccc4)cc32)c(C(F)(F)F)c(-n2c3ccc(-c4ccccc4)cc3c3ccc(-c4ccccc4)cc32)c1. The molecule has 0 aliphatic rings. The number of halogens is 3. The predicted molar refractivity (Wildman–Crippen MR) is 247 cm³/mol. The molecule has 0 fully saturated rings. The van der Waals surface area contributed by atoms with Crippen molar-refractivity contribution in [3.63, 3.8) is 0 Å². The maximum Gasteiger partial charge on any atom is 0.420 e. The molecule has 0 N–H and O–H groups in total. The molecule has 2 heterocycles. The molecule has 3 nitrogen and oxygen atoms in total. The van der Waals surface area contributed by atoms with Crippen molar-refractivity contribution in [3.8, 4) is 62.0 Å². The van der Waals surface area contributed by atoms with Crippen molar-refractivity contribution in [1.82, 2.24) is 9.13 Å². The Morgan fingerprint density at radius 3 is 1.02 bits per heavy atom. The second-order valence-corrected chi connectivity index (χ2v) is 15.6. The van der Waals surface area contributed by atoms with Gasteiger partial charge in [-0.15, -0.1) is 0 Å². The van der Waals surface area contributed by atoms with Gasteiger partial charge in [-0.2, -0.15) is 18.4 Å². The summed E-state index contributed by atoms with van der Waals surface area (Å²) in [6.07, 6.45) is -4.85. The highest BCUT2D eigenvalue weighted by molar-refractivity contribution is 6.13. The minimum absolute atomic E-state index is 0.105. The van der Waals surface area contributed by atoms with Crippen LogP contribution in [-0.2, 0) is 6.18 Å². The van der Waals surface area contributed by atoms with E-state index < -0.39 is 11.7 Å². The van der Waals surface area contributed by atoms with Crippen LogP contribution in [0.15, 0.2) is 206 Å². The Balaban J connectivity index is 1.26. The van der Waals surface area contributed by atoms with Gasteiger partial charge in [0.05, 0.1) is 45.1 Å². The maximum atomic E-state index is 16.5. The normalized spacial score (nSPS) is 11.8. The number of fused-ring (bicyclic) bond motifs is 6. The molecule has 0 bridgehead atoms. The van der Waals surface area contributed by atoms with E-state index in [-0.39, 0.29) is 16.9 Å². The van der Waals surface area contributed by atoms with E-state index in [1.165, 1.54) is 12.1 Å². The van der Waals surface area contributed by atoms with Crippen molar-refractivity contribution >= 4 is 43.6 Å². The van der Waals surface area contributed by atoms with Crippen molar-refractivity contribution < 1.29 is 13.2 Å². The highest BCUT2D eigenvalue weighted by atomic mass is 19.4. The standard InChI is InChI=1S/C56H34F3N3/c57-56(58,59)55-53(61-49-27-23-41(37-13-5-1-6-14-37)31-47(49)45-25-21-43(33-51(45)61)39-17-9-3-10-18-39)29-36(35-60)30-54(55)62-50-28-24-42(38-15-7-2-8-16-38)32-48(50)46-26-22-44(34-52(46)62)40-19-11-4-12-20-40/h1-34H. The number of nitriles is 1. The van der Waals surface area contributed by atoms with Crippen molar-refractivity contribution in [2.75, 3.05) is 0 Å². The number of benzene rings is 9. The van der Waals surface area contributed by atoms with E-state index >= 15 is 13.2 Å². The maximum absolute atomic E-state index is 16.5. The minimum Gasteiger partial charge on any atom is -0.308 e. The number of rotatable bonds is 6. The molecule has 0 aliphatic heterocycles. The molecule has 0 unspecified atom stereocenters. The van der Waals surface area contributed by atoms with E-state index in [1.54, 1.807) is 9.13 Å². The average molecular weight is 806 g/mol. The smallest absolute Gasteiger partial charge is 0.308 e. The molecular formula is C56H34F3N3. The molecule has 0 spiro atoms. The molecule has 0 radical (unpaired) electrons. The summed E-state index contributed by atoms with van der Waals surface area (Å²) < 4.78 is 52.8. The molecule has 0 aliphatic carbocycles. The molecule has 9 aromatic carbocycles. The van der Waals surface area contributed by atoms with Crippen molar-refractivity contribution in [2.45, 2.75) is 6.18 Å². The molecule has 62 heavy (non-hydrogen) atoms. The lowest BCUT2D eigenvalue weighted by Gasteiger charge is -2.22. The molecule has 0 saturated heterocycles. The molecule has 6 heteroatoms. The summed E-state index contributed by atoms with van der Waals surface area (Å²) >= 11 is 0. The molecule has 11 rings (SSSR count). The minimum atomic E-state index is -4.85. The van der Waals surface area contributed by atoms with Crippen LogP contribution in [0.2, 0.25) is 0 Å². The van der Waals surface area contributed by atoms with Gasteiger partial charge in [-0.25, -0.2) is 0 Å². The predicted octanol–water partition coefficient (Wildman–Crippen LogP) is 15.4. The van der Waals surface area contributed by atoms with Crippen LogP contribution in [0.5, 0.6) is 0 Å². The van der Waals surface area contributed by atoms with E-state index in [9.17, 15) is 5.26 Å². The van der Waals surface area contributed by atoms with Crippen LogP contribution < -0.4 is 0 Å². The highest BCUT2D eigenvalue weighted by Crippen LogP contribution is 2.46. The van der Waals surface area contributed by atoms with Gasteiger partial charge in [0.25, 0.3) is 0 Å². The van der Waals surface area contributed by atoms with Crippen LogP contribution in [0.3, 0.4) is 0 Å². The first-order valence-corrected chi connectivity index (χ1v) is 20.4. The fraction of sp³-hybridized carbons (Fsp3) is 0.0179. The topological polar surface area (TPSA) is 33.6 Å². The number of aromatic nitrogens is 2. The van der Waals surface area contributed by atoms with Crippen molar-refractivity contribution in [1.29, 1.82) is 5.26 Å². The first-order valence-electron chi connectivity index (χ1n) is 20.4. The van der Waals surface area contributed by atoms with Crippen molar-refractivity contribution in [2.24, 2.45) is 0 Å². The van der Waals surface area contributed by atoms with E-state index in [0.29, 0.717) is 22.1 Å². The van der Waals surface area contributed by atoms with Gasteiger partial charge in [0.1, 0.15) is 5.56 Å². The Morgan fingerprint density at radius 1 is 0.339 bits per heavy atom. The first-order chi connectivity index (χ1) is 30.3. The molecular weight excluding hydrogens is 772 g/mol. The summed E-state index contributed by atoms with van der Waals surface area (Å²) in [6.45, 7) is 0. The van der Waals surface area contributed by atoms with Crippen LogP contribution in [0.25, 0.3) is 99.5 Å². The summed E-state index contributed by atoms with van der Waals surface area (Å²) in [5, 5.41) is 13.9. The zero-order valence-corrected chi connectivity index (χ0v) is 33.1. The molecule has 0 saturated carbocycles. The monoisotopic (exact) mass is 805 g/mol. The van der Waals surface area contributed by atoms with Crippen LogP contribution in [0, 0.1) is 11.3 Å². The Bertz CT molecular complexity index is 3320. The zero-order chi connectivity index (χ0) is 42.0. The van der Waals surface area contributed by atoms with Crippen LogP contribution >= 0.6 is 0 Å². The summed E-state index contributed by atoms with van der Waals surface area (Å²) in [4.78, 5) is 0. The quantitative estimate of drug-likeness (QED) is 0.165. The van der Waals surface area contributed by atoms with E-state index in [2.05, 4.69) is 18.2 Å². The number of alkyl halides is 3. The van der Waals surface area contributed by atoms with Crippen LogP contribution in [0.4, 0.5) is 13.2 Å². The van der Waals surface area contributed by atoms with E-state index in [4.69, 9.17) is 0 Å². The third kappa shape index (κ3) is 6.14. The van der Waals surface area contributed by atoms with E-state index in [0.717, 1.165) is 66.1 Å². The second kappa shape index (κ2) is 14.5. The van der Waals surface area contributed by atoms with E-state index in [1.807, 2.05) is 182 Å². The largest absolute Gasteiger partial charge is 0.420 e. The number of hydrogen-bond donors (Lipinski definition) is 0. The lowest BCUT2D eigenvalue weighted by atomic mass is 10.0. The summed E-state index contributed by atoms with van der Waals surface area (Å²) in [5.74, 6) is 0. The van der Waals surface area contributed by atoms with Gasteiger partial charge in [0.2, 0.25) is 0 Å². The molecule has 11 aromatic rings.